The summed E-state index contributed by atoms with van der Waals surface area (Å²) in [5.74, 6) is -0.354. The van der Waals surface area contributed by atoms with Crippen LogP contribution in [0.3, 0.4) is 0 Å². The summed E-state index contributed by atoms with van der Waals surface area (Å²) in [6.45, 7) is 0. The first-order chi connectivity index (χ1) is 14.1. The van der Waals surface area contributed by atoms with Gasteiger partial charge in [-0.05, 0) is 48.2 Å². The molecule has 0 bridgehead atoms. The second-order valence-electron chi connectivity index (χ2n) is 6.70. The van der Waals surface area contributed by atoms with Crippen molar-refractivity contribution in [2.24, 2.45) is 5.16 Å². The standard InChI is InChI=1S/C22H18N2O5/c1-28-20-13-12-16-17(21(20)24(26)27)9-5-11-19(16)23-29-22(25)18-10-4-7-14-6-2-3-8-15(14)18/h2-4,6-8,10,12-13H,5,9,11H2,1H3/b23-19+. The molecule has 0 fully saturated rings. The number of fused-ring (bicyclic) bond motifs is 2. The molecule has 1 aliphatic rings. The predicted molar refractivity (Wildman–Crippen MR) is 108 cm³/mol. The molecule has 0 radical (unpaired) electrons. The molecule has 0 atom stereocenters. The maximum Gasteiger partial charge on any atom is 0.366 e. The van der Waals surface area contributed by atoms with Gasteiger partial charge in [-0.25, -0.2) is 4.79 Å². The zero-order valence-electron chi connectivity index (χ0n) is 15.8. The Hall–Kier alpha value is -3.74. The van der Waals surface area contributed by atoms with Crippen LogP contribution in [0.5, 0.6) is 5.75 Å². The molecule has 0 amide bonds. The highest BCUT2D eigenvalue weighted by molar-refractivity contribution is 6.06. The minimum Gasteiger partial charge on any atom is -0.490 e. The molecule has 0 saturated carbocycles. The molecular formula is C22H18N2O5. The van der Waals surface area contributed by atoms with Gasteiger partial charge in [0.1, 0.15) is 0 Å². The average molecular weight is 390 g/mol. The molecule has 0 saturated heterocycles. The van der Waals surface area contributed by atoms with Crippen LogP contribution in [0.25, 0.3) is 10.8 Å². The van der Waals surface area contributed by atoms with Crippen molar-refractivity contribution in [2.75, 3.05) is 7.11 Å². The van der Waals surface area contributed by atoms with Gasteiger partial charge >= 0.3 is 11.7 Å². The smallest absolute Gasteiger partial charge is 0.366 e. The van der Waals surface area contributed by atoms with Gasteiger partial charge in [0.25, 0.3) is 0 Å². The predicted octanol–water partition coefficient (Wildman–Crippen LogP) is 4.65. The number of carbonyl (C=O) groups excluding carboxylic acids is 1. The number of oxime groups is 1. The third-order valence-corrected chi connectivity index (χ3v) is 5.05. The molecule has 3 aromatic carbocycles. The lowest BCUT2D eigenvalue weighted by molar-refractivity contribution is -0.386. The van der Waals surface area contributed by atoms with Gasteiger partial charge in [0.05, 0.1) is 23.3 Å². The average Bonchev–Trinajstić information content (AvgIpc) is 2.75. The van der Waals surface area contributed by atoms with E-state index >= 15 is 0 Å². The van der Waals surface area contributed by atoms with Crippen LogP contribution in [0.2, 0.25) is 0 Å². The largest absolute Gasteiger partial charge is 0.490 e. The Morgan fingerprint density at radius 2 is 1.86 bits per heavy atom. The Morgan fingerprint density at radius 3 is 2.66 bits per heavy atom. The van der Waals surface area contributed by atoms with Crippen molar-refractivity contribution < 1.29 is 19.3 Å². The zero-order valence-corrected chi connectivity index (χ0v) is 15.8. The lowest BCUT2D eigenvalue weighted by atomic mass is 9.88. The molecular weight excluding hydrogens is 372 g/mol. The van der Waals surface area contributed by atoms with E-state index in [9.17, 15) is 14.9 Å². The van der Waals surface area contributed by atoms with E-state index in [0.29, 0.717) is 41.7 Å². The van der Waals surface area contributed by atoms with Gasteiger partial charge in [-0.15, -0.1) is 0 Å². The van der Waals surface area contributed by atoms with Crippen molar-refractivity contribution >= 4 is 28.1 Å². The molecule has 146 valence electrons. The number of nitro groups is 1. The molecule has 0 aliphatic heterocycles. The summed E-state index contributed by atoms with van der Waals surface area (Å²) in [5, 5.41) is 17.3. The van der Waals surface area contributed by atoms with E-state index in [2.05, 4.69) is 5.16 Å². The Kier molecular flexibility index (Phi) is 4.95. The molecule has 0 unspecified atom stereocenters. The van der Waals surface area contributed by atoms with E-state index in [4.69, 9.17) is 9.57 Å². The van der Waals surface area contributed by atoms with Crippen LogP contribution in [-0.4, -0.2) is 23.7 Å². The van der Waals surface area contributed by atoms with Crippen molar-refractivity contribution in [2.45, 2.75) is 19.3 Å². The molecule has 0 N–H and O–H groups in total. The van der Waals surface area contributed by atoms with Gasteiger partial charge in [-0.3, -0.25) is 10.1 Å². The molecule has 0 aromatic heterocycles. The van der Waals surface area contributed by atoms with Crippen molar-refractivity contribution in [3.8, 4) is 5.75 Å². The number of hydrogen-bond acceptors (Lipinski definition) is 6. The van der Waals surface area contributed by atoms with Gasteiger partial charge in [0, 0.05) is 11.1 Å². The Morgan fingerprint density at radius 1 is 1.07 bits per heavy atom. The normalized spacial score (nSPS) is 14.4. The molecule has 3 aromatic rings. The van der Waals surface area contributed by atoms with E-state index < -0.39 is 10.9 Å². The highest BCUT2D eigenvalue weighted by atomic mass is 16.7. The molecule has 4 rings (SSSR count). The summed E-state index contributed by atoms with van der Waals surface area (Å²) in [4.78, 5) is 29.0. The summed E-state index contributed by atoms with van der Waals surface area (Å²) in [6.07, 6.45) is 1.78. The van der Waals surface area contributed by atoms with Crippen molar-refractivity contribution in [3.63, 3.8) is 0 Å². The highest BCUT2D eigenvalue weighted by Gasteiger charge is 2.29. The van der Waals surface area contributed by atoms with E-state index in [1.165, 1.54) is 7.11 Å². The number of nitrogens with zero attached hydrogens (tertiary/aromatic N) is 2. The minimum absolute atomic E-state index is 0.0576. The molecule has 29 heavy (non-hydrogen) atoms. The number of benzene rings is 3. The number of methoxy groups -OCH3 is 1. The maximum absolute atomic E-state index is 12.6. The summed E-state index contributed by atoms with van der Waals surface area (Å²) < 4.78 is 5.14. The lowest BCUT2D eigenvalue weighted by Gasteiger charge is -2.18. The maximum atomic E-state index is 12.6. The number of carbonyl (C=O) groups is 1. The molecule has 7 heteroatoms. The van der Waals surface area contributed by atoms with Crippen LogP contribution in [0.1, 0.15) is 34.3 Å². The Bertz CT molecular complexity index is 1150. The fourth-order valence-corrected chi connectivity index (χ4v) is 3.71. The van der Waals surface area contributed by atoms with Crippen LogP contribution in [0.4, 0.5) is 5.69 Å². The van der Waals surface area contributed by atoms with Crippen molar-refractivity contribution in [3.05, 3.63) is 81.4 Å². The van der Waals surface area contributed by atoms with Crippen LogP contribution in [0.15, 0.2) is 59.8 Å². The first-order valence-corrected chi connectivity index (χ1v) is 9.20. The second kappa shape index (κ2) is 7.71. The first kappa shape index (κ1) is 18.6. The Labute approximate surface area is 166 Å². The first-order valence-electron chi connectivity index (χ1n) is 9.20. The third-order valence-electron chi connectivity index (χ3n) is 5.05. The van der Waals surface area contributed by atoms with Gasteiger partial charge in [-0.2, -0.15) is 0 Å². The van der Waals surface area contributed by atoms with Crippen molar-refractivity contribution in [1.29, 1.82) is 0 Å². The van der Waals surface area contributed by atoms with E-state index in [1.54, 1.807) is 24.3 Å². The van der Waals surface area contributed by atoms with Gasteiger partial charge < -0.3 is 9.57 Å². The van der Waals surface area contributed by atoms with Gasteiger partial charge in [0.15, 0.2) is 5.75 Å². The quantitative estimate of drug-likeness (QED) is 0.367. The van der Waals surface area contributed by atoms with E-state index in [-0.39, 0.29) is 11.4 Å². The van der Waals surface area contributed by atoms with Crippen LogP contribution < -0.4 is 4.74 Å². The monoisotopic (exact) mass is 390 g/mol. The van der Waals surface area contributed by atoms with Crippen molar-refractivity contribution in [1.82, 2.24) is 0 Å². The molecule has 0 heterocycles. The number of rotatable bonds is 4. The van der Waals surface area contributed by atoms with Crippen LogP contribution in [-0.2, 0) is 11.3 Å². The molecule has 7 nitrogen and oxygen atoms in total. The fraction of sp³-hybridized carbons (Fsp3) is 0.182. The molecule has 0 spiro atoms. The summed E-state index contributed by atoms with van der Waals surface area (Å²) in [5.41, 5.74) is 2.06. The third kappa shape index (κ3) is 3.42. The number of nitro benzene ring substituents is 1. The Balaban J connectivity index is 1.68. The summed E-state index contributed by atoms with van der Waals surface area (Å²) >= 11 is 0. The topological polar surface area (TPSA) is 91.0 Å². The molecule has 1 aliphatic carbocycles. The lowest BCUT2D eigenvalue weighted by Crippen LogP contribution is -2.16. The summed E-state index contributed by atoms with van der Waals surface area (Å²) in [7, 11) is 1.40. The number of hydrogen-bond donors (Lipinski definition) is 0. The van der Waals surface area contributed by atoms with E-state index in [1.807, 2.05) is 30.3 Å². The fourth-order valence-electron chi connectivity index (χ4n) is 3.71. The minimum atomic E-state index is -0.565. The SMILES string of the molecule is COc1ccc2c(c1[N+](=O)[O-])CCC/C2=N\OC(=O)c1cccc2ccccc12. The second-order valence-corrected chi connectivity index (χ2v) is 6.70. The number of ether oxygens (including phenoxy) is 1. The van der Waals surface area contributed by atoms with Crippen LogP contribution in [0, 0.1) is 10.1 Å². The zero-order chi connectivity index (χ0) is 20.4. The van der Waals surface area contributed by atoms with Gasteiger partial charge in [0.2, 0.25) is 0 Å². The van der Waals surface area contributed by atoms with Gasteiger partial charge in [-0.1, -0.05) is 41.6 Å². The van der Waals surface area contributed by atoms with Crippen LogP contribution >= 0.6 is 0 Å². The highest BCUT2D eigenvalue weighted by Crippen LogP contribution is 2.37. The summed E-state index contributed by atoms with van der Waals surface area (Å²) in [6, 6.07) is 16.2. The van der Waals surface area contributed by atoms with E-state index in [0.717, 1.165) is 10.8 Å².